The molecule has 0 aromatic carbocycles. The predicted molar refractivity (Wildman–Crippen MR) is 63.1 cm³/mol. The van der Waals surface area contributed by atoms with Gasteiger partial charge in [0, 0.05) is 33.7 Å². The Morgan fingerprint density at radius 2 is 2.47 bits per heavy atom. The summed E-state index contributed by atoms with van der Waals surface area (Å²) in [5.74, 6) is 0.101. The van der Waals surface area contributed by atoms with Gasteiger partial charge in [-0.1, -0.05) is 0 Å². The Bertz CT molecular complexity index is 366. The number of ether oxygens (including phenoxy) is 1. The minimum atomic E-state index is -0.116. The van der Waals surface area contributed by atoms with Crippen molar-refractivity contribution in [3.8, 4) is 0 Å². The highest BCUT2D eigenvalue weighted by Crippen LogP contribution is 2.34. The van der Waals surface area contributed by atoms with Gasteiger partial charge in [-0.2, -0.15) is 0 Å². The monoisotopic (exact) mass is 289 g/mol. The quantitative estimate of drug-likeness (QED) is 0.847. The molecule has 1 aromatic rings. The van der Waals surface area contributed by atoms with E-state index >= 15 is 0 Å². The molecule has 5 heteroatoms. The van der Waals surface area contributed by atoms with Crippen LogP contribution < -0.4 is 5.32 Å². The molecule has 0 radical (unpaired) electrons. The molecule has 0 bridgehead atoms. The Kier molecular flexibility index (Phi) is 3.43. The first-order valence-corrected chi connectivity index (χ1v) is 6.42. The second-order valence-corrected chi connectivity index (χ2v) is 5.42. The second kappa shape index (κ2) is 4.63. The summed E-state index contributed by atoms with van der Waals surface area (Å²) in [4.78, 5) is 12.8. The van der Waals surface area contributed by atoms with Gasteiger partial charge in [-0.05, 0) is 22.0 Å². The minimum Gasteiger partial charge on any atom is -0.469 e. The van der Waals surface area contributed by atoms with E-state index in [4.69, 9.17) is 4.74 Å². The van der Waals surface area contributed by atoms with Gasteiger partial charge in [0.15, 0.2) is 0 Å². The molecule has 1 saturated heterocycles. The van der Waals surface area contributed by atoms with Crippen molar-refractivity contribution in [2.45, 2.75) is 5.92 Å². The smallest absolute Gasteiger partial charge is 0.310 e. The Morgan fingerprint density at radius 3 is 3.07 bits per heavy atom. The molecule has 1 N–H and O–H groups in total. The van der Waals surface area contributed by atoms with Gasteiger partial charge in [0.2, 0.25) is 0 Å². The van der Waals surface area contributed by atoms with Gasteiger partial charge >= 0.3 is 5.97 Å². The molecule has 1 aliphatic heterocycles. The first-order chi connectivity index (χ1) is 7.22. The van der Waals surface area contributed by atoms with Crippen LogP contribution in [-0.2, 0) is 9.53 Å². The third kappa shape index (κ3) is 2.24. The second-order valence-electron chi connectivity index (χ2n) is 3.56. The summed E-state index contributed by atoms with van der Waals surface area (Å²) in [6, 6.07) is 2.08. The molecule has 2 rings (SSSR count). The number of hydrogen-bond acceptors (Lipinski definition) is 4. The normalized spacial score (nSPS) is 25.5. The maximum absolute atomic E-state index is 11.5. The van der Waals surface area contributed by atoms with Crippen molar-refractivity contribution < 1.29 is 9.53 Å². The third-order valence-electron chi connectivity index (χ3n) is 2.67. The maximum atomic E-state index is 11.5. The number of hydrogen-bond donors (Lipinski definition) is 1. The summed E-state index contributed by atoms with van der Waals surface area (Å²) >= 11 is 5.11. The third-order valence-corrected chi connectivity index (χ3v) is 4.50. The summed E-state index contributed by atoms with van der Waals surface area (Å²) in [6.45, 7) is 1.57. The summed E-state index contributed by atoms with van der Waals surface area (Å²) in [5, 5.41) is 5.28. The largest absolute Gasteiger partial charge is 0.469 e. The Labute approximate surface area is 101 Å². The number of rotatable bonds is 2. The van der Waals surface area contributed by atoms with Crippen molar-refractivity contribution in [1.29, 1.82) is 0 Å². The van der Waals surface area contributed by atoms with Crippen molar-refractivity contribution >= 4 is 33.2 Å². The summed E-state index contributed by atoms with van der Waals surface area (Å²) in [6.07, 6.45) is 0. The number of esters is 1. The standard InChI is InChI=1S/C10H12BrNO2S/c1-14-10(13)8-4-12-3-7(8)9-2-6(11)5-15-9/h2,5,7-8,12H,3-4H2,1H3/t7-,8-/m1/s1. The number of carbonyl (C=O) groups excluding carboxylic acids is 1. The molecule has 1 fully saturated rings. The van der Waals surface area contributed by atoms with Crippen LogP contribution in [0.4, 0.5) is 0 Å². The average molecular weight is 290 g/mol. The topological polar surface area (TPSA) is 38.3 Å². The maximum Gasteiger partial charge on any atom is 0.310 e. The zero-order valence-corrected chi connectivity index (χ0v) is 10.7. The molecule has 0 aliphatic carbocycles. The van der Waals surface area contributed by atoms with Gasteiger partial charge in [0.1, 0.15) is 0 Å². The van der Waals surface area contributed by atoms with Crippen LogP contribution in [0.3, 0.4) is 0 Å². The first-order valence-electron chi connectivity index (χ1n) is 4.75. The van der Waals surface area contributed by atoms with E-state index in [1.54, 1.807) is 11.3 Å². The molecule has 0 saturated carbocycles. The Hall–Kier alpha value is -0.390. The SMILES string of the molecule is COC(=O)[C@@H]1CNC[C@H]1c1cc(Br)cs1. The molecule has 3 nitrogen and oxygen atoms in total. The Morgan fingerprint density at radius 1 is 1.67 bits per heavy atom. The highest BCUT2D eigenvalue weighted by molar-refractivity contribution is 9.10. The molecule has 82 valence electrons. The van der Waals surface area contributed by atoms with E-state index in [2.05, 4.69) is 27.3 Å². The molecule has 0 amide bonds. The summed E-state index contributed by atoms with van der Waals surface area (Å²) in [7, 11) is 1.45. The van der Waals surface area contributed by atoms with Crippen LogP contribution >= 0.6 is 27.3 Å². The van der Waals surface area contributed by atoms with E-state index < -0.39 is 0 Å². The van der Waals surface area contributed by atoms with E-state index in [1.807, 2.05) is 5.38 Å². The molecule has 1 aromatic heterocycles. The molecule has 0 spiro atoms. The van der Waals surface area contributed by atoms with Crippen LogP contribution in [-0.4, -0.2) is 26.2 Å². The van der Waals surface area contributed by atoms with Gasteiger partial charge in [-0.3, -0.25) is 4.79 Å². The lowest BCUT2D eigenvalue weighted by atomic mass is 9.95. The van der Waals surface area contributed by atoms with Gasteiger partial charge in [0.05, 0.1) is 13.0 Å². The van der Waals surface area contributed by atoms with E-state index in [0.717, 1.165) is 11.0 Å². The van der Waals surface area contributed by atoms with Crippen LogP contribution in [0.1, 0.15) is 10.8 Å². The van der Waals surface area contributed by atoms with Crippen molar-refractivity contribution in [2.75, 3.05) is 20.2 Å². The average Bonchev–Trinajstić information content (AvgIpc) is 2.84. The van der Waals surface area contributed by atoms with E-state index in [-0.39, 0.29) is 17.8 Å². The molecular formula is C10H12BrNO2S. The van der Waals surface area contributed by atoms with E-state index in [0.29, 0.717) is 6.54 Å². The van der Waals surface area contributed by atoms with E-state index in [9.17, 15) is 4.79 Å². The zero-order chi connectivity index (χ0) is 10.8. The fourth-order valence-corrected chi connectivity index (χ4v) is 3.51. The Balaban J connectivity index is 2.18. The summed E-state index contributed by atoms with van der Waals surface area (Å²) in [5.41, 5.74) is 0. The molecule has 1 aliphatic rings. The lowest BCUT2D eigenvalue weighted by Crippen LogP contribution is -2.22. The molecule has 2 heterocycles. The van der Waals surface area contributed by atoms with Crippen LogP contribution in [0, 0.1) is 5.92 Å². The van der Waals surface area contributed by atoms with Crippen LogP contribution in [0.25, 0.3) is 0 Å². The van der Waals surface area contributed by atoms with Crippen molar-refractivity contribution in [1.82, 2.24) is 5.32 Å². The summed E-state index contributed by atoms with van der Waals surface area (Å²) < 4.78 is 5.89. The fourth-order valence-electron chi connectivity index (χ4n) is 1.90. The number of thiophene rings is 1. The molecule has 15 heavy (non-hydrogen) atoms. The predicted octanol–water partition coefficient (Wildman–Crippen LogP) is 1.99. The molecular weight excluding hydrogens is 278 g/mol. The van der Waals surface area contributed by atoms with Crippen LogP contribution in [0.15, 0.2) is 15.9 Å². The van der Waals surface area contributed by atoms with E-state index in [1.165, 1.54) is 12.0 Å². The van der Waals surface area contributed by atoms with Crippen molar-refractivity contribution in [3.05, 3.63) is 20.8 Å². The fraction of sp³-hybridized carbons (Fsp3) is 0.500. The van der Waals surface area contributed by atoms with Crippen LogP contribution in [0.2, 0.25) is 0 Å². The number of nitrogens with one attached hydrogen (secondary N) is 1. The lowest BCUT2D eigenvalue weighted by Gasteiger charge is -2.14. The highest BCUT2D eigenvalue weighted by Gasteiger charge is 2.35. The first kappa shape index (κ1) is 11.1. The van der Waals surface area contributed by atoms with Crippen LogP contribution in [0.5, 0.6) is 0 Å². The number of carbonyl (C=O) groups is 1. The van der Waals surface area contributed by atoms with Crippen molar-refractivity contribution in [2.24, 2.45) is 5.92 Å². The molecule has 2 atom stereocenters. The number of methoxy groups -OCH3 is 1. The minimum absolute atomic E-state index is 0.0412. The molecule has 0 unspecified atom stereocenters. The van der Waals surface area contributed by atoms with Gasteiger partial charge in [-0.15, -0.1) is 11.3 Å². The highest BCUT2D eigenvalue weighted by atomic mass is 79.9. The lowest BCUT2D eigenvalue weighted by molar-refractivity contribution is -0.145. The zero-order valence-electron chi connectivity index (χ0n) is 8.33. The number of halogens is 1. The van der Waals surface area contributed by atoms with Gasteiger partial charge in [0.25, 0.3) is 0 Å². The van der Waals surface area contributed by atoms with Crippen molar-refractivity contribution in [3.63, 3.8) is 0 Å². The van der Waals surface area contributed by atoms with Gasteiger partial charge < -0.3 is 10.1 Å². The van der Waals surface area contributed by atoms with Gasteiger partial charge in [-0.25, -0.2) is 0 Å².